The molecular formula is C8H15NO2S2. The molecule has 76 valence electrons. The van der Waals surface area contributed by atoms with E-state index >= 15 is 0 Å². The zero-order chi connectivity index (χ0) is 9.68. The minimum Gasteiger partial charge on any atom is -0.463 e. The van der Waals surface area contributed by atoms with Gasteiger partial charge in [-0.3, -0.25) is 4.79 Å². The minimum atomic E-state index is -0.154. The first-order valence-corrected chi connectivity index (χ1v) is 5.58. The molecule has 5 heteroatoms. The lowest BCUT2D eigenvalue weighted by atomic mass is 10.2. The van der Waals surface area contributed by atoms with Crippen LogP contribution in [-0.2, 0) is 9.53 Å². The summed E-state index contributed by atoms with van der Waals surface area (Å²) >= 11 is 8.22. The first kappa shape index (κ1) is 11.2. The minimum absolute atomic E-state index is 0.0358. The number of thiol groups is 2. The van der Waals surface area contributed by atoms with E-state index in [-0.39, 0.29) is 17.3 Å². The molecule has 0 aromatic heterocycles. The van der Waals surface area contributed by atoms with E-state index < -0.39 is 0 Å². The molecule has 1 saturated heterocycles. The van der Waals surface area contributed by atoms with Crippen molar-refractivity contribution in [2.24, 2.45) is 0 Å². The molecule has 0 spiro atoms. The molecule has 0 saturated carbocycles. The molecule has 2 atom stereocenters. The lowest BCUT2D eigenvalue weighted by Gasteiger charge is -2.12. The van der Waals surface area contributed by atoms with Gasteiger partial charge in [0.15, 0.2) is 0 Å². The molecule has 0 aromatic carbocycles. The topological polar surface area (TPSA) is 38.3 Å². The third kappa shape index (κ3) is 3.79. The Balaban J connectivity index is 2.16. The number of carbonyl (C=O) groups is 1. The van der Waals surface area contributed by atoms with Gasteiger partial charge < -0.3 is 10.1 Å². The summed E-state index contributed by atoms with van der Waals surface area (Å²) in [5, 5.41) is 3.12. The van der Waals surface area contributed by atoms with E-state index in [1.807, 2.05) is 0 Å². The fourth-order valence-electron chi connectivity index (χ4n) is 1.22. The van der Waals surface area contributed by atoms with Gasteiger partial charge in [0.2, 0.25) is 0 Å². The summed E-state index contributed by atoms with van der Waals surface area (Å²) < 4.78 is 5.05. The monoisotopic (exact) mass is 221 g/mol. The highest BCUT2D eigenvalue weighted by atomic mass is 32.1. The number of rotatable bonds is 4. The lowest BCUT2D eigenvalue weighted by Crippen LogP contribution is -2.33. The Morgan fingerprint density at radius 2 is 2.46 bits per heavy atom. The molecule has 0 aliphatic carbocycles. The van der Waals surface area contributed by atoms with Crippen molar-refractivity contribution >= 4 is 31.2 Å². The second-order valence-corrected chi connectivity index (χ2v) is 4.21. The van der Waals surface area contributed by atoms with E-state index in [4.69, 9.17) is 4.74 Å². The van der Waals surface area contributed by atoms with Gasteiger partial charge in [0, 0.05) is 11.0 Å². The molecule has 3 nitrogen and oxygen atoms in total. The van der Waals surface area contributed by atoms with Crippen LogP contribution in [0.5, 0.6) is 0 Å². The summed E-state index contributed by atoms with van der Waals surface area (Å²) in [5.74, 6) is 0.465. The Bertz CT molecular complexity index is 172. The fraction of sp³-hybridized carbons (Fsp3) is 0.875. The van der Waals surface area contributed by atoms with E-state index in [2.05, 4.69) is 30.6 Å². The molecule has 0 aromatic rings. The Hall–Kier alpha value is 0.130. The molecule has 13 heavy (non-hydrogen) atoms. The summed E-state index contributed by atoms with van der Waals surface area (Å²) in [5.41, 5.74) is 0. The highest BCUT2D eigenvalue weighted by Gasteiger charge is 2.23. The Morgan fingerprint density at radius 1 is 1.69 bits per heavy atom. The Morgan fingerprint density at radius 3 is 3.00 bits per heavy atom. The van der Waals surface area contributed by atoms with E-state index in [1.165, 1.54) is 0 Å². The van der Waals surface area contributed by atoms with Crippen LogP contribution in [0, 0.1) is 0 Å². The standard InChI is InChI=1S/C8H15NO2S2/c10-8(7-2-1-3-9-7)11-4-6(13)5-12/h6-7,9,12-13H,1-5H2/t6?,7-/m0/s1. The van der Waals surface area contributed by atoms with Gasteiger partial charge in [-0.05, 0) is 19.4 Å². The number of carbonyl (C=O) groups excluding carboxylic acids is 1. The second kappa shape index (κ2) is 5.78. The molecule has 1 rings (SSSR count). The van der Waals surface area contributed by atoms with Crippen LogP contribution in [0.1, 0.15) is 12.8 Å². The Labute approximate surface area is 89.4 Å². The first-order chi connectivity index (χ1) is 6.24. The summed E-state index contributed by atoms with van der Waals surface area (Å²) in [4.78, 5) is 11.3. The van der Waals surface area contributed by atoms with Gasteiger partial charge in [-0.2, -0.15) is 25.3 Å². The molecule has 1 unspecified atom stereocenters. The van der Waals surface area contributed by atoms with Gasteiger partial charge in [-0.15, -0.1) is 0 Å². The van der Waals surface area contributed by atoms with Gasteiger partial charge in [0.1, 0.15) is 12.6 Å². The summed E-state index contributed by atoms with van der Waals surface area (Å²) in [6.45, 7) is 1.26. The summed E-state index contributed by atoms with van der Waals surface area (Å²) in [6.07, 6.45) is 1.94. The normalized spacial score (nSPS) is 24.3. The highest BCUT2D eigenvalue weighted by Crippen LogP contribution is 2.07. The zero-order valence-electron chi connectivity index (χ0n) is 7.40. The van der Waals surface area contributed by atoms with E-state index in [0.717, 1.165) is 19.4 Å². The van der Waals surface area contributed by atoms with Gasteiger partial charge in [0.05, 0.1) is 0 Å². The van der Waals surface area contributed by atoms with Gasteiger partial charge in [-0.1, -0.05) is 0 Å². The third-order valence-corrected chi connectivity index (χ3v) is 3.03. The van der Waals surface area contributed by atoms with Crippen LogP contribution in [0.2, 0.25) is 0 Å². The molecular weight excluding hydrogens is 206 g/mol. The molecule has 1 heterocycles. The highest BCUT2D eigenvalue weighted by molar-refractivity contribution is 7.84. The predicted molar refractivity (Wildman–Crippen MR) is 58.6 cm³/mol. The van der Waals surface area contributed by atoms with Gasteiger partial charge in [0.25, 0.3) is 0 Å². The zero-order valence-corrected chi connectivity index (χ0v) is 9.19. The summed E-state index contributed by atoms with van der Waals surface area (Å²) in [6, 6.07) is -0.0968. The number of esters is 1. The van der Waals surface area contributed by atoms with Crippen LogP contribution < -0.4 is 5.32 Å². The smallest absolute Gasteiger partial charge is 0.323 e. The van der Waals surface area contributed by atoms with Crippen LogP contribution in [0.4, 0.5) is 0 Å². The van der Waals surface area contributed by atoms with Gasteiger partial charge in [-0.25, -0.2) is 0 Å². The van der Waals surface area contributed by atoms with Crippen molar-refractivity contribution in [2.75, 3.05) is 18.9 Å². The second-order valence-electron chi connectivity index (χ2n) is 3.12. The van der Waals surface area contributed by atoms with Crippen molar-refractivity contribution in [2.45, 2.75) is 24.1 Å². The van der Waals surface area contributed by atoms with Crippen molar-refractivity contribution in [3.8, 4) is 0 Å². The number of hydrogen-bond acceptors (Lipinski definition) is 5. The van der Waals surface area contributed by atoms with Crippen LogP contribution in [0.15, 0.2) is 0 Å². The van der Waals surface area contributed by atoms with Crippen molar-refractivity contribution in [3.05, 3.63) is 0 Å². The van der Waals surface area contributed by atoms with E-state index in [9.17, 15) is 4.79 Å². The Kier molecular flexibility index (Phi) is 4.98. The molecule has 1 N–H and O–H groups in total. The van der Waals surface area contributed by atoms with Crippen molar-refractivity contribution in [1.29, 1.82) is 0 Å². The van der Waals surface area contributed by atoms with Crippen molar-refractivity contribution in [1.82, 2.24) is 5.32 Å². The van der Waals surface area contributed by atoms with Crippen molar-refractivity contribution in [3.63, 3.8) is 0 Å². The van der Waals surface area contributed by atoms with Crippen LogP contribution in [-0.4, -0.2) is 36.2 Å². The third-order valence-electron chi connectivity index (χ3n) is 1.97. The first-order valence-electron chi connectivity index (χ1n) is 4.43. The molecule has 1 aliphatic rings. The maximum atomic E-state index is 11.3. The van der Waals surface area contributed by atoms with Gasteiger partial charge >= 0.3 is 5.97 Å². The maximum Gasteiger partial charge on any atom is 0.323 e. The average Bonchev–Trinajstić information content (AvgIpc) is 2.66. The van der Waals surface area contributed by atoms with E-state index in [0.29, 0.717) is 12.4 Å². The molecule has 1 fully saturated rings. The fourth-order valence-corrected chi connectivity index (χ4v) is 1.40. The molecule has 0 radical (unpaired) electrons. The average molecular weight is 221 g/mol. The van der Waals surface area contributed by atoms with Crippen LogP contribution in [0.3, 0.4) is 0 Å². The number of ether oxygens (including phenoxy) is 1. The number of hydrogen-bond donors (Lipinski definition) is 3. The number of nitrogens with one attached hydrogen (secondary N) is 1. The quantitative estimate of drug-likeness (QED) is 0.478. The van der Waals surface area contributed by atoms with Crippen LogP contribution >= 0.6 is 25.3 Å². The summed E-state index contributed by atoms with van der Waals surface area (Å²) in [7, 11) is 0. The van der Waals surface area contributed by atoms with Crippen LogP contribution in [0.25, 0.3) is 0 Å². The predicted octanol–water partition coefficient (Wildman–Crippen LogP) is 0.510. The lowest BCUT2D eigenvalue weighted by molar-refractivity contribution is -0.145. The maximum absolute atomic E-state index is 11.3. The molecule has 0 bridgehead atoms. The van der Waals surface area contributed by atoms with E-state index in [1.54, 1.807) is 0 Å². The van der Waals surface area contributed by atoms with Crippen molar-refractivity contribution < 1.29 is 9.53 Å². The largest absolute Gasteiger partial charge is 0.463 e. The molecule has 1 aliphatic heterocycles. The molecule has 0 amide bonds. The SMILES string of the molecule is O=C(OCC(S)CS)[C@@H]1CCCN1.